The zero-order valence-electron chi connectivity index (χ0n) is 14.3. The number of fused-ring (bicyclic) bond motifs is 1. The molecule has 3 aromatic rings. The van der Waals surface area contributed by atoms with E-state index in [1.54, 1.807) is 0 Å². The Hall–Kier alpha value is -2.33. The van der Waals surface area contributed by atoms with Gasteiger partial charge >= 0.3 is 0 Å². The molecule has 1 amide bonds. The van der Waals surface area contributed by atoms with Gasteiger partial charge in [0.25, 0.3) is 0 Å². The lowest BCUT2D eigenvalue weighted by atomic mass is 10.1. The molecule has 0 spiro atoms. The number of aryl methyl sites for hydroxylation is 2. The van der Waals surface area contributed by atoms with E-state index in [9.17, 15) is 4.79 Å². The molecule has 130 valence electrons. The fraction of sp³-hybridized carbons (Fsp3) is 0.300. The highest BCUT2D eigenvalue weighted by molar-refractivity contribution is 6.30. The number of carbonyl (C=O) groups excluding carboxylic acids is 1. The standard InChI is InChI=1S/C20H22ClN3O/c1-15-4-2-6-19-23-18(14-24(15)19)12-13-22-20(25)7-3-5-16-8-10-17(21)11-9-16/h2,4,6,8-11,14H,3,5,7,12-13H2,1H3,(H,22,25). The first-order valence-corrected chi connectivity index (χ1v) is 8.94. The lowest BCUT2D eigenvalue weighted by Crippen LogP contribution is -2.25. The first-order chi connectivity index (χ1) is 12.1. The van der Waals surface area contributed by atoms with Gasteiger partial charge in [-0.05, 0) is 49.6 Å². The van der Waals surface area contributed by atoms with E-state index in [4.69, 9.17) is 11.6 Å². The van der Waals surface area contributed by atoms with Crippen LogP contribution >= 0.6 is 11.6 Å². The van der Waals surface area contributed by atoms with Gasteiger partial charge in [-0.2, -0.15) is 0 Å². The number of amides is 1. The van der Waals surface area contributed by atoms with Crippen LogP contribution in [0.25, 0.3) is 5.65 Å². The summed E-state index contributed by atoms with van der Waals surface area (Å²) < 4.78 is 2.07. The number of pyridine rings is 1. The number of rotatable bonds is 7. The number of aromatic nitrogens is 2. The van der Waals surface area contributed by atoms with Crippen LogP contribution in [-0.2, 0) is 17.6 Å². The molecular weight excluding hydrogens is 334 g/mol. The van der Waals surface area contributed by atoms with Crippen molar-refractivity contribution >= 4 is 23.2 Å². The smallest absolute Gasteiger partial charge is 0.220 e. The van der Waals surface area contributed by atoms with Gasteiger partial charge in [0.1, 0.15) is 5.65 Å². The fourth-order valence-corrected chi connectivity index (χ4v) is 2.97. The van der Waals surface area contributed by atoms with Crippen molar-refractivity contribution < 1.29 is 4.79 Å². The lowest BCUT2D eigenvalue weighted by molar-refractivity contribution is -0.121. The van der Waals surface area contributed by atoms with Gasteiger partial charge in [-0.25, -0.2) is 4.98 Å². The van der Waals surface area contributed by atoms with E-state index in [1.807, 2.05) is 42.6 Å². The summed E-state index contributed by atoms with van der Waals surface area (Å²) in [6.45, 7) is 2.67. The van der Waals surface area contributed by atoms with Crippen LogP contribution in [0.15, 0.2) is 48.7 Å². The minimum Gasteiger partial charge on any atom is -0.356 e. The molecule has 5 heteroatoms. The van der Waals surface area contributed by atoms with Gasteiger partial charge in [0.2, 0.25) is 5.91 Å². The van der Waals surface area contributed by atoms with E-state index in [0.717, 1.165) is 41.3 Å². The van der Waals surface area contributed by atoms with E-state index >= 15 is 0 Å². The van der Waals surface area contributed by atoms with E-state index in [1.165, 1.54) is 5.56 Å². The van der Waals surface area contributed by atoms with Crippen LogP contribution in [0.4, 0.5) is 0 Å². The van der Waals surface area contributed by atoms with Crippen LogP contribution in [0.2, 0.25) is 5.02 Å². The maximum Gasteiger partial charge on any atom is 0.220 e. The predicted molar refractivity (Wildman–Crippen MR) is 101 cm³/mol. The Morgan fingerprint density at radius 2 is 1.96 bits per heavy atom. The zero-order chi connectivity index (χ0) is 17.6. The SMILES string of the molecule is Cc1cccc2nc(CCNC(=O)CCCc3ccc(Cl)cc3)cn12. The van der Waals surface area contributed by atoms with Crippen molar-refractivity contribution in [3.63, 3.8) is 0 Å². The van der Waals surface area contributed by atoms with Crippen LogP contribution in [-0.4, -0.2) is 21.8 Å². The second-order valence-corrected chi connectivity index (χ2v) is 6.64. The molecule has 0 unspecified atom stereocenters. The van der Waals surface area contributed by atoms with Crippen LogP contribution in [0.3, 0.4) is 0 Å². The summed E-state index contributed by atoms with van der Waals surface area (Å²) >= 11 is 5.87. The summed E-state index contributed by atoms with van der Waals surface area (Å²) in [5.74, 6) is 0.0916. The summed E-state index contributed by atoms with van der Waals surface area (Å²) in [7, 11) is 0. The normalized spacial score (nSPS) is 11.0. The van der Waals surface area contributed by atoms with E-state index in [2.05, 4.69) is 27.7 Å². The van der Waals surface area contributed by atoms with E-state index < -0.39 is 0 Å². The van der Waals surface area contributed by atoms with Gasteiger partial charge in [-0.3, -0.25) is 4.79 Å². The average Bonchev–Trinajstić information content (AvgIpc) is 3.01. The fourth-order valence-electron chi connectivity index (χ4n) is 2.84. The second kappa shape index (κ2) is 8.17. The highest BCUT2D eigenvalue weighted by Gasteiger charge is 2.05. The maximum absolute atomic E-state index is 11.9. The minimum atomic E-state index is 0.0916. The minimum absolute atomic E-state index is 0.0916. The van der Waals surface area contributed by atoms with Crippen LogP contribution < -0.4 is 5.32 Å². The van der Waals surface area contributed by atoms with Crippen LogP contribution in [0.1, 0.15) is 29.8 Å². The van der Waals surface area contributed by atoms with Gasteiger partial charge in [-0.1, -0.05) is 29.8 Å². The highest BCUT2D eigenvalue weighted by atomic mass is 35.5. The Morgan fingerprint density at radius 3 is 2.72 bits per heavy atom. The van der Waals surface area contributed by atoms with E-state index in [-0.39, 0.29) is 5.91 Å². The number of carbonyl (C=O) groups is 1. The molecule has 0 saturated heterocycles. The van der Waals surface area contributed by atoms with Gasteiger partial charge < -0.3 is 9.72 Å². The molecule has 0 radical (unpaired) electrons. The van der Waals surface area contributed by atoms with Crippen molar-refractivity contribution in [3.05, 3.63) is 70.6 Å². The maximum atomic E-state index is 11.9. The highest BCUT2D eigenvalue weighted by Crippen LogP contribution is 2.12. The van der Waals surface area contributed by atoms with Crippen LogP contribution in [0, 0.1) is 6.92 Å². The third-order valence-corrected chi connectivity index (χ3v) is 4.48. The molecule has 0 atom stereocenters. The lowest BCUT2D eigenvalue weighted by Gasteiger charge is -2.04. The molecule has 0 fully saturated rings. The Kier molecular flexibility index (Phi) is 5.71. The summed E-state index contributed by atoms with van der Waals surface area (Å²) in [4.78, 5) is 16.5. The van der Waals surface area contributed by atoms with E-state index in [0.29, 0.717) is 13.0 Å². The van der Waals surface area contributed by atoms with Crippen molar-refractivity contribution in [1.82, 2.24) is 14.7 Å². The molecule has 0 aliphatic rings. The van der Waals surface area contributed by atoms with Crippen LogP contribution in [0.5, 0.6) is 0 Å². The third-order valence-electron chi connectivity index (χ3n) is 4.23. The molecule has 25 heavy (non-hydrogen) atoms. The second-order valence-electron chi connectivity index (χ2n) is 6.21. The number of halogens is 1. The molecule has 2 heterocycles. The molecule has 0 bridgehead atoms. The molecular formula is C20H22ClN3O. The molecule has 0 aliphatic heterocycles. The largest absolute Gasteiger partial charge is 0.356 e. The Balaban J connectivity index is 1.40. The zero-order valence-corrected chi connectivity index (χ0v) is 15.1. The van der Waals surface area contributed by atoms with Crippen molar-refractivity contribution in [3.8, 4) is 0 Å². The first-order valence-electron chi connectivity index (χ1n) is 8.56. The summed E-state index contributed by atoms with van der Waals surface area (Å²) in [5.41, 5.74) is 4.31. The quantitative estimate of drug-likeness (QED) is 0.696. The average molecular weight is 356 g/mol. The molecule has 0 saturated carbocycles. The predicted octanol–water partition coefficient (Wildman–Crippen LogP) is 3.98. The van der Waals surface area contributed by atoms with Gasteiger partial charge in [0, 0.05) is 36.3 Å². The molecule has 3 rings (SSSR count). The Labute approximate surface area is 152 Å². The Bertz CT molecular complexity index is 855. The Morgan fingerprint density at radius 1 is 1.16 bits per heavy atom. The molecule has 0 aliphatic carbocycles. The topological polar surface area (TPSA) is 46.4 Å². The van der Waals surface area contributed by atoms with Gasteiger partial charge in [0.15, 0.2) is 0 Å². The van der Waals surface area contributed by atoms with Crippen molar-refractivity contribution in [1.29, 1.82) is 0 Å². The molecule has 1 N–H and O–H groups in total. The number of hydrogen-bond donors (Lipinski definition) is 1. The first kappa shape index (κ1) is 17.5. The molecule has 4 nitrogen and oxygen atoms in total. The van der Waals surface area contributed by atoms with Gasteiger partial charge in [-0.15, -0.1) is 0 Å². The van der Waals surface area contributed by atoms with Gasteiger partial charge in [0.05, 0.1) is 5.69 Å². The van der Waals surface area contributed by atoms with Crippen molar-refractivity contribution in [2.75, 3.05) is 6.54 Å². The summed E-state index contributed by atoms with van der Waals surface area (Å²) in [6.07, 6.45) is 5.03. The number of nitrogens with zero attached hydrogens (tertiary/aromatic N) is 2. The number of imidazole rings is 1. The summed E-state index contributed by atoms with van der Waals surface area (Å²) in [6, 6.07) is 13.8. The molecule has 2 aromatic heterocycles. The van der Waals surface area contributed by atoms with Crippen molar-refractivity contribution in [2.45, 2.75) is 32.6 Å². The summed E-state index contributed by atoms with van der Waals surface area (Å²) in [5, 5.41) is 3.72. The number of nitrogens with one attached hydrogen (secondary N) is 1. The molecule has 1 aromatic carbocycles. The van der Waals surface area contributed by atoms with Crippen molar-refractivity contribution in [2.24, 2.45) is 0 Å². The monoisotopic (exact) mass is 355 g/mol. The number of hydrogen-bond acceptors (Lipinski definition) is 2. The number of benzene rings is 1. The third kappa shape index (κ3) is 4.83.